The van der Waals surface area contributed by atoms with E-state index in [9.17, 15) is 22.8 Å². The summed E-state index contributed by atoms with van der Waals surface area (Å²) in [7, 11) is 5.46. The summed E-state index contributed by atoms with van der Waals surface area (Å²) in [5.74, 6) is 0.643. The van der Waals surface area contributed by atoms with E-state index in [1.807, 2.05) is 27.1 Å². The zero-order chi connectivity index (χ0) is 36.7. The lowest BCUT2D eigenvalue weighted by Gasteiger charge is -2.27. The van der Waals surface area contributed by atoms with E-state index in [0.717, 1.165) is 22.5 Å². The average Bonchev–Trinajstić information content (AvgIpc) is 3.87. The SMILES string of the molecule is [C-]#[N+]c1ccc(-n2nccc2-c2c(C(=O)N[C@@H](C)c3ncc(C[N+](C)(C)Cc4cc(C)on4)o3)c(=O)n(-c3cccc(C(F)(F)F)c3)n2C)cc1.[Cl-]. The van der Waals surface area contributed by atoms with Crippen molar-refractivity contribution in [1.82, 2.24) is 34.6 Å². The van der Waals surface area contributed by atoms with Crippen molar-refractivity contribution < 1.29 is 43.8 Å². The van der Waals surface area contributed by atoms with Crippen LogP contribution in [0.25, 0.3) is 27.6 Å². The summed E-state index contributed by atoms with van der Waals surface area (Å²) in [6.45, 7) is 11.7. The molecule has 1 atom stereocenters. The number of hydrogen-bond acceptors (Lipinski definition) is 7. The van der Waals surface area contributed by atoms with Gasteiger partial charge in [0.05, 0.1) is 55.7 Å². The molecule has 0 radical (unpaired) electrons. The molecule has 1 N–H and O–H groups in total. The molecule has 2 aromatic carbocycles. The molecular weight excluding hydrogens is 703 g/mol. The summed E-state index contributed by atoms with van der Waals surface area (Å²) in [6.07, 6.45) is -1.64. The van der Waals surface area contributed by atoms with Gasteiger partial charge in [-0.1, -0.05) is 23.4 Å². The first-order valence-electron chi connectivity index (χ1n) is 15.7. The van der Waals surface area contributed by atoms with Gasteiger partial charge in [0, 0.05) is 13.1 Å². The van der Waals surface area contributed by atoms with E-state index in [0.29, 0.717) is 46.2 Å². The number of benzene rings is 2. The molecular formula is C35H33ClF3N9O4. The number of hydrogen-bond donors (Lipinski definition) is 1. The molecule has 6 aromatic rings. The summed E-state index contributed by atoms with van der Waals surface area (Å²) < 4.78 is 56.6. The lowest BCUT2D eigenvalue weighted by molar-refractivity contribution is -0.918. The van der Waals surface area contributed by atoms with E-state index in [1.54, 1.807) is 43.5 Å². The Morgan fingerprint density at radius 3 is 2.46 bits per heavy atom. The molecule has 0 aliphatic carbocycles. The van der Waals surface area contributed by atoms with E-state index in [-0.39, 0.29) is 35.2 Å². The van der Waals surface area contributed by atoms with Crippen molar-refractivity contribution in [3.63, 3.8) is 0 Å². The van der Waals surface area contributed by atoms with E-state index in [1.165, 1.54) is 34.7 Å². The van der Waals surface area contributed by atoms with Crippen LogP contribution in [-0.2, 0) is 26.3 Å². The molecule has 0 saturated carbocycles. The molecule has 17 heteroatoms. The second kappa shape index (κ2) is 14.4. The third kappa shape index (κ3) is 7.55. The van der Waals surface area contributed by atoms with Crippen LogP contribution in [-0.4, -0.2) is 53.8 Å². The van der Waals surface area contributed by atoms with Gasteiger partial charge in [-0.2, -0.15) is 18.3 Å². The number of aromatic nitrogens is 6. The Morgan fingerprint density at radius 2 is 1.81 bits per heavy atom. The second-order valence-electron chi connectivity index (χ2n) is 12.7. The second-order valence-corrected chi connectivity index (χ2v) is 12.7. The van der Waals surface area contributed by atoms with Gasteiger partial charge in [0.25, 0.3) is 11.5 Å². The Kier molecular flexibility index (Phi) is 10.3. The van der Waals surface area contributed by atoms with Gasteiger partial charge in [-0.15, -0.1) is 0 Å². The minimum absolute atomic E-state index is 0. The number of oxazole rings is 1. The minimum atomic E-state index is -4.67. The van der Waals surface area contributed by atoms with Crippen LogP contribution in [0.1, 0.15) is 52.0 Å². The smallest absolute Gasteiger partial charge is 0.416 e. The van der Waals surface area contributed by atoms with Crippen LogP contribution in [0.2, 0.25) is 0 Å². The zero-order valence-corrected chi connectivity index (χ0v) is 29.4. The molecule has 13 nitrogen and oxygen atoms in total. The monoisotopic (exact) mass is 735 g/mol. The van der Waals surface area contributed by atoms with Gasteiger partial charge in [-0.05, 0) is 50.2 Å². The minimum Gasteiger partial charge on any atom is -1.00 e. The van der Waals surface area contributed by atoms with Crippen LogP contribution in [0.4, 0.5) is 18.9 Å². The van der Waals surface area contributed by atoms with Crippen molar-refractivity contribution in [3.8, 4) is 22.8 Å². The van der Waals surface area contributed by atoms with Crippen molar-refractivity contribution >= 4 is 11.6 Å². The van der Waals surface area contributed by atoms with Gasteiger partial charge >= 0.3 is 6.18 Å². The fourth-order valence-electron chi connectivity index (χ4n) is 5.90. The fraction of sp³-hybridized carbons (Fsp3) is 0.257. The summed E-state index contributed by atoms with van der Waals surface area (Å²) in [4.78, 5) is 36.0. The van der Waals surface area contributed by atoms with E-state index in [2.05, 4.69) is 25.4 Å². The summed E-state index contributed by atoms with van der Waals surface area (Å²) in [5.41, 5.74) is -0.168. The molecule has 0 aliphatic rings. The standard InChI is InChI=1S/C35H32F3N9O4.ClH/c1-21-16-25(43-51-21)19-47(5,6)20-28-18-40-33(50-28)22(2)42-32(48)30-31(29-14-15-41-45(29)26-12-10-24(39-3)11-13-26)44(4)46(34(30)49)27-9-7-8-23(17-27)35(36,37)38;/h7-18,22H,19-20H2,1-2,4-6H3;1H/t22-;/m0./s1. The molecule has 0 spiro atoms. The van der Waals surface area contributed by atoms with Crippen molar-refractivity contribution in [2.24, 2.45) is 7.05 Å². The maximum absolute atomic E-state index is 14.2. The van der Waals surface area contributed by atoms with Crippen molar-refractivity contribution in [2.45, 2.75) is 39.2 Å². The van der Waals surface area contributed by atoms with Crippen molar-refractivity contribution in [2.75, 3.05) is 14.1 Å². The highest BCUT2D eigenvalue weighted by Gasteiger charge is 2.33. The number of rotatable bonds is 10. The van der Waals surface area contributed by atoms with Gasteiger partial charge in [-0.3, -0.25) is 14.3 Å². The molecule has 4 aromatic heterocycles. The summed E-state index contributed by atoms with van der Waals surface area (Å²) >= 11 is 0. The fourth-order valence-corrected chi connectivity index (χ4v) is 5.90. The normalized spacial score (nSPS) is 12.3. The number of amides is 1. The van der Waals surface area contributed by atoms with Crippen LogP contribution in [0.3, 0.4) is 0 Å². The topological polar surface area (TPSA) is 130 Å². The highest BCUT2D eigenvalue weighted by Crippen LogP contribution is 2.32. The molecule has 6 rings (SSSR count). The lowest BCUT2D eigenvalue weighted by atomic mass is 10.1. The largest absolute Gasteiger partial charge is 1.00 e. The van der Waals surface area contributed by atoms with Crippen LogP contribution >= 0.6 is 0 Å². The van der Waals surface area contributed by atoms with E-state index < -0.39 is 29.2 Å². The number of halogens is 4. The first-order chi connectivity index (χ1) is 24.1. The molecule has 0 unspecified atom stereocenters. The highest BCUT2D eigenvalue weighted by atomic mass is 35.5. The van der Waals surface area contributed by atoms with Crippen LogP contribution < -0.4 is 23.3 Å². The number of aryl methyl sites for hydroxylation is 1. The van der Waals surface area contributed by atoms with Gasteiger partial charge in [0.2, 0.25) is 5.89 Å². The third-order valence-electron chi connectivity index (χ3n) is 8.16. The number of quaternary nitrogens is 1. The predicted molar refractivity (Wildman–Crippen MR) is 178 cm³/mol. The lowest BCUT2D eigenvalue weighted by Crippen LogP contribution is -3.00. The van der Waals surface area contributed by atoms with Crippen LogP contribution in [0.15, 0.2) is 86.8 Å². The van der Waals surface area contributed by atoms with Gasteiger partial charge in [-0.25, -0.2) is 19.2 Å². The van der Waals surface area contributed by atoms with Gasteiger partial charge < -0.3 is 31.1 Å². The van der Waals surface area contributed by atoms with Gasteiger partial charge in [0.1, 0.15) is 41.8 Å². The number of carbonyl (C=O) groups is 1. The molecule has 52 heavy (non-hydrogen) atoms. The third-order valence-corrected chi connectivity index (χ3v) is 8.16. The van der Waals surface area contributed by atoms with Crippen molar-refractivity contribution in [3.05, 3.63) is 129 Å². The highest BCUT2D eigenvalue weighted by molar-refractivity contribution is 6.00. The van der Waals surface area contributed by atoms with E-state index in [4.69, 9.17) is 15.5 Å². The Labute approximate surface area is 301 Å². The van der Waals surface area contributed by atoms with Crippen molar-refractivity contribution in [1.29, 1.82) is 0 Å². The predicted octanol–water partition coefficient (Wildman–Crippen LogP) is 3.15. The number of nitrogens with one attached hydrogen (secondary N) is 1. The number of carbonyl (C=O) groups excluding carboxylic acids is 1. The van der Waals surface area contributed by atoms with Crippen LogP contribution in [0, 0.1) is 13.5 Å². The Bertz CT molecular complexity index is 2330. The zero-order valence-electron chi connectivity index (χ0n) is 28.6. The van der Waals surface area contributed by atoms with Gasteiger partial charge in [0.15, 0.2) is 11.4 Å². The molecule has 4 heterocycles. The molecule has 0 fully saturated rings. The first kappa shape index (κ1) is 37.3. The molecule has 0 aliphatic heterocycles. The Hall–Kier alpha value is -5.92. The number of nitrogens with zero attached hydrogens (tertiary/aromatic N) is 8. The summed E-state index contributed by atoms with van der Waals surface area (Å²) in [5, 5.41) is 11.2. The maximum atomic E-state index is 14.2. The molecule has 1 amide bonds. The Morgan fingerprint density at radius 1 is 1.08 bits per heavy atom. The molecule has 270 valence electrons. The van der Waals surface area contributed by atoms with E-state index >= 15 is 0 Å². The first-order valence-corrected chi connectivity index (χ1v) is 15.7. The number of alkyl halides is 3. The summed E-state index contributed by atoms with van der Waals surface area (Å²) in [6, 6.07) is 13.4. The molecule has 0 bridgehead atoms. The Balaban J connectivity index is 0.00000523. The average molecular weight is 736 g/mol. The maximum Gasteiger partial charge on any atom is 0.416 e. The van der Waals surface area contributed by atoms with Crippen LogP contribution in [0.5, 0.6) is 0 Å². The molecule has 0 saturated heterocycles. The quantitative estimate of drug-likeness (QED) is 0.169.